The van der Waals surface area contributed by atoms with Gasteiger partial charge in [0, 0.05) is 31.7 Å². The summed E-state index contributed by atoms with van der Waals surface area (Å²) < 4.78 is 7.73. The molecule has 1 unspecified atom stereocenters. The molecule has 0 bridgehead atoms. The maximum absolute atomic E-state index is 13.4. The van der Waals surface area contributed by atoms with Gasteiger partial charge in [-0.3, -0.25) is 19.1 Å². The largest absolute Gasteiger partial charge is 0.378 e. The summed E-state index contributed by atoms with van der Waals surface area (Å²) in [6, 6.07) is 2.08. The third kappa shape index (κ3) is 5.40. The number of unbranched alkanes of at least 4 members (excludes halogenated alkanes) is 1. The molecule has 2 aliphatic rings. The Morgan fingerprint density at radius 1 is 1.24 bits per heavy atom. The van der Waals surface area contributed by atoms with Crippen molar-refractivity contribution in [3.8, 4) is 6.07 Å². The number of carbonyl (C=O) groups is 1. The number of rotatable bonds is 9. The number of ether oxygens (including phenoxy) is 1. The number of hydrogen-bond acceptors (Lipinski definition) is 7. The van der Waals surface area contributed by atoms with Gasteiger partial charge < -0.3 is 9.64 Å². The van der Waals surface area contributed by atoms with Crippen LogP contribution in [0, 0.1) is 24.2 Å². The van der Waals surface area contributed by atoms with Gasteiger partial charge in [-0.15, -0.1) is 0 Å². The smallest absolute Gasteiger partial charge is 0.270 e. The lowest BCUT2D eigenvalue weighted by atomic mass is 9.99. The quantitative estimate of drug-likeness (QED) is 0.368. The Balaban J connectivity index is 2.06. The van der Waals surface area contributed by atoms with E-state index in [1.807, 2.05) is 13.0 Å². The van der Waals surface area contributed by atoms with E-state index in [9.17, 15) is 14.9 Å². The van der Waals surface area contributed by atoms with Gasteiger partial charge in [0.25, 0.3) is 11.5 Å². The molecule has 2 saturated heterocycles. The van der Waals surface area contributed by atoms with Crippen LogP contribution in [0.4, 0.5) is 5.82 Å². The van der Waals surface area contributed by atoms with E-state index in [-0.39, 0.29) is 17.0 Å². The minimum Gasteiger partial charge on any atom is -0.378 e. The van der Waals surface area contributed by atoms with Gasteiger partial charge in [-0.2, -0.15) is 5.26 Å². The van der Waals surface area contributed by atoms with Crippen molar-refractivity contribution in [1.29, 1.82) is 5.26 Å². The second-order valence-corrected chi connectivity index (χ2v) is 10.4. The van der Waals surface area contributed by atoms with Crippen LogP contribution in [-0.2, 0) is 16.1 Å². The first-order valence-electron chi connectivity index (χ1n) is 12.1. The van der Waals surface area contributed by atoms with Crippen molar-refractivity contribution in [2.75, 3.05) is 37.7 Å². The van der Waals surface area contributed by atoms with Crippen LogP contribution in [0.3, 0.4) is 0 Å². The van der Waals surface area contributed by atoms with Crippen LogP contribution in [0.1, 0.15) is 63.1 Å². The number of nitrogens with zero attached hydrogens (tertiary/aromatic N) is 4. The summed E-state index contributed by atoms with van der Waals surface area (Å²) in [6.45, 7) is 11.5. The molecule has 0 radical (unpaired) electrons. The number of carbonyl (C=O) groups excluding carboxylic acids is 1. The molecule has 1 amide bonds. The SMILES string of the molecule is CCCCC(CC)CN1C(=O)C(=Cc2c(C)c(C#N)c(=O)n(CC)c2N2CCOCC2)SC1=S. The van der Waals surface area contributed by atoms with E-state index in [2.05, 4.69) is 24.8 Å². The fraction of sp³-hybridized carbons (Fsp3) is 0.600. The lowest BCUT2D eigenvalue weighted by Gasteiger charge is -2.33. The predicted octanol–water partition coefficient (Wildman–Crippen LogP) is 4.30. The minimum atomic E-state index is -0.296. The highest BCUT2D eigenvalue weighted by atomic mass is 32.2. The number of thiocarbonyl (C=S) groups is 1. The maximum atomic E-state index is 13.4. The zero-order chi connectivity index (χ0) is 24.8. The highest BCUT2D eigenvalue weighted by Gasteiger charge is 2.34. The molecule has 0 saturated carbocycles. The van der Waals surface area contributed by atoms with Crippen molar-refractivity contribution in [1.82, 2.24) is 9.47 Å². The minimum absolute atomic E-state index is 0.0926. The molecule has 9 heteroatoms. The Labute approximate surface area is 211 Å². The van der Waals surface area contributed by atoms with Crippen LogP contribution >= 0.6 is 24.0 Å². The fourth-order valence-electron chi connectivity index (χ4n) is 4.52. The monoisotopic (exact) mass is 502 g/mol. The van der Waals surface area contributed by atoms with Gasteiger partial charge in [-0.05, 0) is 37.8 Å². The van der Waals surface area contributed by atoms with Gasteiger partial charge in [0.1, 0.15) is 21.8 Å². The number of aromatic nitrogens is 1. The average molecular weight is 503 g/mol. The Hall–Kier alpha value is -2.15. The summed E-state index contributed by atoms with van der Waals surface area (Å²) in [5.41, 5.74) is 1.15. The molecule has 7 nitrogen and oxygen atoms in total. The highest BCUT2D eigenvalue weighted by molar-refractivity contribution is 8.26. The van der Waals surface area contributed by atoms with Gasteiger partial charge in [-0.25, -0.2) is 0 Å². The fourth-order valence-corrected chi connectivity index (χ4v) is 5.77. The summed E-state index contributed by atoms with van der Waals surface area (Å²) >= 11 is 6.89. The topological polar surface area (TPSA) is 78.6 Å². The van der Waals surface area contributed by atoms with Crippen molar-refractivity contribution < 1.29 is 9.53 Å². The van der Waals surface area contributed by atoms with E-state index in [4.69, 9.17) is 17.0 Å². The first-order valence-corrected chi connectivity index (χ1v) is 13.4. The van der Waals surface area contributed by atoms with Gasteiger partial charge in [0.15, 0.2) is 0 Å². The van der Waals surface area contributed by atoms with Gasteiger partial charge >= 0.3 is 0 Å². The van der Waals surface area contributed by atoms with Gasteiger partial charge in [0.05, 0.1) is 18.1 Å². The molecule has 0 spiro atoms. The number of hydrogen-bond donors (Lipinski definition) is 0. The molecule has 0 N–H and O–H groups in total. The Kier molecular flexibility index (Phi) is 9.34. The molecule has 1 aromatic heterocycles. The number of amides is 1. The third-order valence-electron chi connectivity index (χ3n) is 6.61. The average Bonchev–Trinajstić information content (AvgIpc) is 3.11. The predicted molar refractivity (Wildman–Crippen MR) is 142 cm³/mol. The van der Waals surface area contributed by atoms with Crippen LogP contribution in [0.25, 0.3) is 6.08 Å². The van der Waals surface area contributed by atoms with Crippen molar-refractivity contribution in [3.63, 3.8) is 0 Å². The molecular formula is C25H34N4O3S2. The number of thioether (sulfide) groups is 1. The van der Waals surface area contributed by atoms with E-state index in [0.717, 1.165) is 37.1 Å². The first kappa shape index (κ1) is 26.5. The number of nitriles is 1. The molecule has 34 heavy (non-hydrogen) atoms. The number of morpholine rings is 1. The van der Waals surface area contributed by atoms with Crippen LogP contribution in [0.2, 0.25) is 0 Å². The molecule has 1 atom stereocenters. The maximum Gasteiger partial charge on any atom is 0.270 e. The van der Waals surface area contributed by atoms with Crippen molar-refractivity contribution in [2.45, 2.75) is 59.9 Å². The molecule has 184 valence electrons. The molecule has 3 heterocycles. The molecule has 1 aromatic rings. The van der Waals surface area contributed by atoms with Crippen LogP contribution in [0.15, 0.2) is 9.70 Å². The Bertz CT molecular complexity index is 1070. The zero-order valence-corrected chi connectivity index (χ0v) is 22.2. The molecule has 3 rings (SSSR count). The summed E-state index contributed by atoms with van der Waals surface area (Å²) in [7, 11) is 0. The standard InChI is InChI=1S/C25H34N4O3S2/c1-5-8-9-18(6-2)16-29-24(31)21(34-25(29)33)14-19-17(4)20(15-26)23(30)28(7-3)22(19)27-10-12-32-13-11-27/h14,18H,5-13,16H2,1-4H3. The first-order chi connectivity index (χ1) is 16.4. The van der Waals surface area contributed by atoms with Crippen LogP contribution in [-0.4, -0.2) is 52.5 Å². The van der Waals surface area contributed by atoms with E-state index in [0.29, 0.717) is 60.1 Å². The van der Waals surface area contributed by atoms with E-state index >= 15 is 0 Å². The van der Waals surface area contributed by atoms with Crippen molar-refractivity contribution >= 4 is 46.1 Å². The second-order valence-electron chi connectivity index (χ2n) is 8.71. The van der Waals surface area contributed by atoms with E-state index in [1.165, 1.54) is 11.8 Å². The normalized spacial score (nSPS) is 18.6. The van der Waals surface area contributed by atoms with Gasteiger partial charge in [-0.1, -0.05) is 57.1 Å². The molecule has 0 aliphatic carbocycles. The number of pyridine rings is 1. The van der Waals surface area contributed by atoms with Gasteiger partial charge in [0.2, 0.25) is 0 Å². The van der Waals surface area contributed by atoms with Crippen molar-refractivity contribution in [2.24, 2.45) is 5.92 Å². The highest BCUT2D eigenvalue weighted by Crippen LogP contribution is 2.36. The molecule has 0 aromatic carbocycles. The number of anilines is 1. The summed E-state index contributed by atoms with van der Waals surface area (Å²) in [5.74, 6) is 1.07. The van der Waals surface area contributed by atoms with Crippen LogP contribution in [0.5, 0.6) is 0 Å². The zero-order valence-electron chi connectivity index (χ0n) is 20.6. The molecule has 2 aliphatic heterocycles. The summed E-state index contributed by atoms with van der Waals surface area (Å²) in [5, 5.41) is 9.72. The molecular weight excluding hydrogens is 468 g/mol. The third-order valence-corrected chi connectivity index (χ3v) is 7.98. The lowest BCUT2D eigenvalue weighted by molar-refractivity contribution is -0.122. The lowest BCUT2D eigenvalue weighted by Crippen LogP contribution is -2.41. The Morgan fingerprint density at radius 3 is 2.53 bits per heavy atom. The summed E-state index contributed by atoms with van der Waals surface area (Å²) in [4.78, 5) is 30.9. The van der Waals surface area contributed by atoms with Crippen molar-refractivity contribution in [3.05, 3.63) is 31.9 Å². The van der Waals surface area contributed by atoms with Crippen LogP contribution < -0.4 is 10.5 Å². The second kappa shape index (κ2) is 12.0. The molecule has 2 fully saturated rings. The summed E-state index contributed by atoms with van der Waals surface area (Å²) in [6.07, 6.45) is 6.19. The van der Waals surface area contributed by atoms with E-state index in [1.54, 1.807) is 16.4 Å². The Morgan fingerprint density at radius 2 is 1.94 bits per heavy atom. The van der Waals surface area contributed by atoms with E-state index < -0.39 is 0 Å².